The number of rotatable bonds is 1. The Morgan fingerprint density at radius 1 is 0.875 bits per heavy atom. The summed E-state index contributed by atoms with van der Waals surface area (Å²) in [5, 5.41) is 4.54. The lowest BCUT2D eigenvalue weighted by molar-refractivity contribution is 1.19. The van der Waals surface area contributed by atoms with Crippen molar-refractivity contribution < 1.29 is 0 Å². The summed E-state index contributed by atoms with van der Waals surface area (Å²) in [6.07, 6.45) is 0. The lowest BCUT2D eigenvalue weighted by atomic mass is 10.1. The van der Waals surface area contributed by atoms with Crippen molar-refractivity contribution in [3.8, 4) is 5.69 Å². The van der Waals surface area contributed by atoms with Crippen molar-refractivity contribution in [1.82, 2.24) is 4.57 Å². The Balaban J connectivity index is 2.05. The molecular weight excluding hydrogens is 402 g/mol. The summed E-state index contributed by atoms with van der Waals surface area (Å²) in [6.45, 7) is 0. The summed E-state index contributed by atoms with van der Waals surface area (Å²) >= 11 is 11.7. The molecule has 5 rings (SSSR count). The number of fused-ring (bicyclic) bond motifs is 5. The molecule has 0 aliphatic heterocycles. The zero-order valence-electron chi connectivity index (χ0n) is 12.5. The molecule has 0 radical (unpaired) electrons. The summed E-state index contributed by atoms with van der Waals surface area (Å²) < 4.78 is 4.69. The Morgan fingerprint density at radius 3 is 2.54 bits per heavy atom. The van der Waals surface area contributed by atoms with Gasteiger partial charge in [-0.1, -0.05) is 51.8 Å². The molecule has 0 spiro atoms. The van der Waals surface area contributed by atoms with E-state index in [1.165, 1.54) is 36.9 Å². The summed E-state index contributed by atoms with van der Waals surface area (Å²) in [7, 11) is 0. The van der Waals surface area contributed by atoms with Gasteiger partial charge in [0, 0.05) is 36.0 Å². The van der Waals surface area contributed by atoms with E-state index in [2.05, 4.69) is 75.1 Å². The maximum Gasteiger partial charge on any atom is 0.109 e. The van der Waals surface area contributed by atoms with Crippen LogP contribution in [0.1, 0.15) is 0 Å². The van der Waals surface area contributed by atoms with Crippen LogP contribution in [0.3, 0.4) is 0 Å². The van der Waals surface area contributed by atoms with Gasteiger partial charge in [-0.15, -0.1) is 11.3 Å². The van der Waals surface area contributed by atoms with Crippen LogP contribution >= 0.6 is 38.9 Å². The first-order valence-corrected chi connectivity index (χ1v) is 9.58. The Labute approximate surface area is 156 Å². The summed E-state index contributed by atoms with van der Waals surface area (Å²) in [5.74, 6) is 0. The number of aromatic nitrogens is 1. The molecule has 4 heteroatoms. The zero-order valence-corrected chi connectivity index (χ0v) is 15.6. The van der Waals surface area contributed by atoms with Crippen LogP contribution < -0.4 is 0 Å². The molecule has 0 atom stereocenters. The number of nitrogens with zero attached hydrogens (tertiary/aromatic N) is 1. The van der Waals surface area contributed by atoms with E-state index in [9.17, 15) is 0 Å². The van der Waals surface area contributed by atoms with Crippen molar-refractivity contribution in [2.24, 2.45) is 0 Å². The van der Waals surface area contributed by atoms with Crippen LogP contribution in [0.5, 0.6) is 0 Å². The second-order valence-electron chi connectivity index (χ2n) is 5.76. The molecule has 0 aliphatic carbocycles. The number of halogens is 2. The van der Waals surface area contributed by atoms with Gasteiger partial charge in [-0.2, -0.15) is 0 Å². The molecule has 0 unspecified atom stereocenters. The van der Waals surface area contributed by atoms with E-state index in [0.717, 1.165) is 9.50 Å². The van der Waals surface area contributed by atoms with E-state index in [4.69, 9.17) is 11.6 Å². The fraction of sp³-hybridized carbons (Fsp3) is 0. The largest absolute Gasteiger partial charge is 0.301 e. The first-order chi connectivity index (χ1) is 11.7. The molecule has 0 amide bonds. The van der Waals surface area contributed by atoms with Gasteiger partial charge in [0.1, 0.15) is 4.83 Å². The number of hydrogen-bond acceptors (Lipinski definition) is 1. The van der Waals surface area contributed by atoms with Gasteiger partial charge in [0.05, 0.1) is 5.52 Å². The number of hydrogen-bond donors (Lipinski definition) is 0. The zero-order chi connectivity index (χ0) is 16.3. The standard InChI is InChI=1S/C20H11BrClNS/c21-12-6-8-15-17(10-12)23(14-4-2-1-3-5-14)20-19(15)16-11-13(22)7-9-18(16)24-20/h1-11H. The van der Waals surface area contributed by atoms with E-state index >= 15 is 0 Å². The number of benzene rings is 3. The van der Waals surface area contributed by atoms with Crippen LogP contribution in [-0.4, -0.2) is 4.57 Å². The molecule has 0 bridgehead atoms. The van der Waals surface area contributed by atoms with Crippen LogP contribution in [0.25, 0.3) is 36.9 Å². The van der Waals surface area contributed by atoms with Crippen molar-refractivity contribution in [2.45, 2.75) is 0 Å². The quantitative estimate of drug-likeness (QED) is 0.270. The molecule has 5 aromatic rings. The van der Waals surface area contributed by atoms with Crippen molar-refractivity contribution >= 4 is 70.1 Å². The molecule has 0 saturated carbocycles. The highest BCUT2D eigenvalue weighted by molar-refractivity contribution is 9.10. The van der Waals surface area contributed by atoms with Gasteiger partial charge < -0.3 is 4.57 Å². The van der Waals surface area contributed by atoms with E-state index in [0.29, 0.717) is 0 Å². The fourth-order valence-corrected chi connectivity index (χ4v) is 5.07. The lowest BCUT2D eigenvalue weighted by Gasteiger charge is -2.06. The monoisotopic (exact) mass is 411 g/mol. The minimum Gasteiger partial charge on any atom is -0.301 e. The highest BCUT2D eigenvalue weighted by Gasteiger charge is 2.17. The van der Waals surface area contributed by atoms with E-state index in [-0.39, 0.29) is 0 Å². The van der Waals surface area contributed by atoms with Crippen molar-refractivity contribution in [3.63, 3.8) is 0 Å². The van der Waals surface area contributed by atoms with Crippen LogP contribution in [0, 0.1) is 0 Å². The van der Waals surface area contributed by atoms with Crippen LogP contribution in [0.2, 0.25) is 5.02 Å². The molecule has 116 valence electrons. The van der Waals surface area contributed by atoms with E-state index < -0.39 is 0 Å². The second kappa shape index (κ2) is 5.35. The fourth-order valence-electron chi connectivity index (χ4n) is 3.32. The first-order valence-electron chi connectivity index (χ1n) is 7.59. The summed E-state index contributed by atoms with van der Waals surface area (Å²) in [5.41, 5.74) is 2.38. The number of thiophene rings is 1. The van der Waals surface area contributed by atoms with Gasteiger partial charge in [-0.25, -0.2) is 0 Å². The summed E-state index contributed by atoms with van der Waals surface area (Å²) in [4.78, 5) is 1.26. The molecule has 2 aromatic heterocycles. The molecule has 0 saturated heterocycles. The second-order valence-corrected chi connectivity index (χ2v) is 8.14. The minimum absolute atomic E-state index is 0.778. The molecule has 3 aromatic carbocycles. The van der Waals surface area contributed by atoms with Crippen LogP contribution in [0.15, 0.2) is 71.2 Å². The van der Waals surface area contributed by atoms with Crippen molar-refractivity contribution in [1.29, 1.82) is 0 Å². The maximum absolute atomic E-state index is 6.27. The van der Waals surface area contributed by atoms with Gasteiger partial charge in [0.2, 0.25) is 0 Å². The molecule has 0 fully saturated rings. The van der Waals surface area contributed by atoms with E-state index in [1.807, 2.05) is 23.5 Å². The molecule has 0 aliphatic rings. The Kier molecular flexibility index (Phi) is 3.24. The molecule has 1 nitrogen and oxygen atoms in total. The predicted octanol–water partition coefficient (Wildman–Crippen LogP) is 7.41. The normalized spacial score (nSPS) is 11.8. The Bertz CT molecular complexity index is 1220. The molecular formula is C20H11BrClNS. The van der Waals surface area contributed by atoms with Gasteiger partial charge in [-0.05, 0) is 42.5 Å². The predicted molar refractivity (Wildman–Crippen MR) is 109 cm³/mol. The maximum atomic E-state index is 6.27. The molecule has 0 N–H and O–H groups in total. The molecule has 2 heterocycles. The third-order valence-corrected chi connectivity index (χ3v) is 6.20. The average Bonchev–Trinajstić information content (AvgIpc) is 3.09. The SMILES string of the molecule is Clc1ccc2sc3c(c2c1)c1ccc(Br)cc1n3-c1ccccc1. The van der Waals surface area contributed by atoms with Gasteiger partial charge in [-0.3, -0.25) is 0 Å². The third kappa shape index (κ3) is 2.05. The first kappa shape index (κ1) is 14.5. The van der Waals surface area contributed by atoms with Gasteiger partial charge >= 0.3 is 0 Å². The lowest BCUT2D eigenvalue weighted by Crippen LogP contribution is -1.91. The van der Waals surface area contributed by atoms with Gasteiger partial charge in [0.15, 0.2) is 0 Å². The average molecular weight is 413 g/mol. The smallest absolute Gasteiger partial charge is 0.109 e. The minimum atomic E-state index is 0.778. The summed E-state index contributed by atoms with van der Waals surface area (Å²) in [6, 6.07) is 23.1. The highest BCUT2D eigenvalue weighted by Crippen LogP contribution is 2.43. The third-order valence-electron chi connectivity index (χ3n) is 4.32. The number of para-hydroxylation sites is 1. The van der Waals surface area contributed by atoms with Gasteiger partial charge in [0.25, 0.3) is 0 Å². The topological polar surface area (TPSA) is 4.93 Å². The molecule has 24 heavy (non-hydrogen) atoms. The highest BCUT2D eigenvalue weighted by atomic mass is 79.9. The Hall–Kier alpha value is -1.81. The van der Waals surface area contributed by atoms with Crippen LogP contribution in [0.4, 0.5) is 0 Å². The van der Waals surface area contributed by atoms with E-state index in [1.54, 1.807) is 0 Å². The van der Waals surface area contributed by atoms with Crippen LogP contribution in [-0.2, 0) is 0 Å². The van der Waals surface area contributed by atoms with Crippen molar-refractivity contribution in [2.75, 3.05) is 0 Å². The van der Waals surface area contributed by atoms with Crippen molar-refractivity contribution in [3.05, 3.63) is 76.2 Å². The Morgan fingerprint density at radius 2 is 1.71 bits per heavy atom.